The number of hydrogen-bond donors (Lipinski definition) is 1. The third kappa shape index (κ3) is 5.71. The molecular weight excluding hydrogens is 148 g/mol. The first kappa shape index (κ1) is 11.0. The number of aliphatic imine (C=N–C) groups is 1. The number of nitrogens with zero attached hydrogens (tertiary/aromatic N) is 1. The van der Waals surface area contributed by atoms with Crippen molar-refractivity contribution in [2.45, 2.75) is 27.7 Å². The molecule has 0 heterocycles. The van der Waals surface area contributed by atoms with Crippen LogP contribution < -0.4 is 5.73 Å². The van der Waals surface area contributed by atoms with Gasteiger partial charge < -0.3 is 5.73 Å². The minimum atomic E-state index is -0.0549. The van der Waals surface area contributed by atoms with E-state index in [0.29, 0.717) is 0 Å². The Bertz CT molecular complexity index is 206. The van der Waals surface area contributed by atoms with Crippen LogP contribution in [0.3, 0.4) is 0 Å². The highest BCUT2D eigenvalue weighted by Crippen LogP contribution is 2.12. The Balaban J connectivity index is 4.23. The van der Waals surface area contributed by atoms with Crippen LogP contribution in [0.25, 0.3) is 0 Å². The molecule has 2 N–H and O–H groups in total. The first-order chi connectivity index (χ1) is 5.48. The van der Waals surface area contributed by atoms with Gasteiger partial charge in [0.2, 0.25) is 0 Å². The molecule has 0 atom stereocenters. The van der Waals surface area contributed by atoms with Crippen LogP contribution in [-0.2, 0) is 0 Å². The molecule has 0 aliphatic rings. The fourth-order valence-corrected chi connectivity index (χ4v) is 0.669. The second-order valence-electron chi connectivity index (χ2n) is 3.67. The molecule has 0 fully saturated rings. The molecule has 0 aliphatic heterocycles. The normalized spacial score (nSPS) is 12.7. The highest BCUT2D eigenvalue weighted by atomic mass is 14.7. The number of allylic oxidation sites excluding steroid dienone is 2. The maximum absolute atomic E-state index is 5.29. The van der Waals surface area contributed by atoms with E-state index in [1.807, 2.05) is 32.3 Å². The Labute approximate surface area is 74.9 Å². The lowest BCUT2D eigenvalue weighted by Gasteiger charge is -2.11. The predicted octanol–water partition coefficient (Wildman–Crippen LogP) is 2.48. The summed E-state index contributed by atoms with van der Waals surface area (Å²) >= 11 is 0. The fraction of sp³-hybridized carbons (Fsp3) is 0.500. The van der Waals surface area contributed by atoms with E-state index in [2.05, 4.69) is 18.8 Å². The largest absolute Gasteiger partial charge is 0.405 e. The van der Waals surface area contributed by atoms with Crippen LogP contribution >= 0.6 is 0 Å². The predicted molar refractivity (Wildman–Crippen MR) is 55.0 cm³/mol. The monoisotopic (exact) mass is 166 g/mol. The zero-order valence-electron chi connectivity index (χ0n) is 8.33. The highest BCUT2D eigenvalue weighted by Gasteiger charge is 2.08. The minimum Gasteiger partial charge on any atom is -0.405 e. The van der Waals surface area contributed by atoms with Crippen LogP contribution in [0.4, 0.5) is 0 Å². The standard InChI is InChI=1S/C10H18N2/c1-9(2)7-12-8-10(3,4)5-6-11/h5-8H,11H2,1-4H3/b6-5-,12-8?. The number of rotatable bonds is 3. The molecule has 2 nitrogen and oxygen atoms in total. The van der Waals surface area contributed by atoms with Gasteiger partial charge in [-0.3, -0.25) is 4.99 Å². The summed E-state index contributed by atoms with van der Waals surface area (Å²) < 4.78 is 0. The van der Waals surface area contributed by atoms with Crippen LogP contribution in [0.15, 0.2) is 29.0 Å². The maximum atomic E-state index is 5.29. The average molecular weight is 166 g/mol. The SMILES string of the molecule is CC(C)=CN=CC(C)(C)/C=C\N. The Morgan fingerprint density at radius 1 is 1.33 bits per heavy atom. The van der Waals surface area contributed by atoms with Gasteiger partial charge in [0.25, 0.3) is 0 Å². The van der Waals surface area contributed by atoms with E-state index >= 15 is 0 Å². The Morgan fingerprint density at radius 2 is 1.92 bits per heavy atom. The molecule has 0 saturated carbocycles. The van der Waals surface area contributed by atoms with Gasteiger partial charge in [0.15, 0.2) is 0 Å². The fourth-order valence-electron chi connectivity index (χ4n) is 0.669. The molecule has 0 radical (unpaired) electrons. The van der Waals surface area contributed by atoms with Gasteiger partial charge in [0.1, 0.15) is 0 Å². The molecule has 0 unspecified atom stereocenters. The number of nitrogens with two attached hydrogens (primary N) is 1. The van der Waals surface area contributed by atoms with Crippen LogP contribution in [0, 0.1) is 5.41 Å². The topological polar surface area (TPSA) is 38.4 Å². The van der Waals surface area contributed by atoms with E-state index in [1.165, 1.54) is 5.57 Å². The van der Waals surface area contributed by atoms with E-state index in [9.17, 15) is 0 Å². The molecule has 0 spiro atoms. The van der Waals surface area contributed by atoms with Crippen LogP contribution in [0.1, 0.15) is 27.7 Å². The zero-order chi connectivity index (χ0) is 9.61. The molecule has 12 heavy (non-hydrogen) atoms. The molecule has 0 aromatic rings. The minimum absolute atomic E-state index is 0.0549. The van der Waals surface area contributed by atoms with Crippen LogP contribution in [0.5, 0.6) is 0 Å². The molecule has 0 aromatic heterocycles. The van der Waals surface area contributed by atoms with Crippen molar-refractivity contribution in [3.63, 3.8) is 0 Å². The smallest absolute Gasteiger partial charge is 0.0250 e. The maximum Gasteiger partial charge on any atom is 0.0250 e. The van der Waals surface area contributed by atoms with Crippen molar-refractivity contribution in [2.75, 3.05) is 0 Å². The van der Waals surface area contributed by atoms with Gasteiger partial charge in [-0.2, -0.15) is 0 Å². The van der Waals surface area contributed by atoms with Crippen molar-refractivity contribution in [3.8, 4) is 0 Å². The van der Waals surface area contributed by atoms with Crippen molar-refractivity contribution in [2.24, 2.45) is 16.1 Å². The molecule has 0 aliphatic carbocycles. The lowest BCUT2D eigenvalue weighted by molar-refractivity contribution is 0.692. The van der Waals surface area contributed by atoms with Crippen molar-refractivity contribution in [3.05, 3.63) is 24.0 Å². The van der Waals surface area contributed by atoms with E-state index in [1.54, 1.807) is 6.20 Å². The average Bonchev–Trinajstić information content (AvgIpc) is 1.85. The summed E-state index contributed by atoms with van der Waals surface area (Å²) in [6.45, 7) is 8.14. The summed E-state index contributed by atoms with van der Waals surface area (Å²) in [6.07, 6.45) is 7.18. The Hall–Kier alpha value is -1.05. The number of hydrogen-bond acceptors (Lipinski definition) is 2. The third-order valence-electron chi connectivity index (χ3n) is 1.27. The molecule has 0 rings (SSSR count). The van der Waals surface area contributed by atoms with Crippen molar-refractivity contribution in [1.82, 2.24) is 0 Å². The van der Waals surface area contributed by atoms with Crippen LogP contribution in [-0.4, -0.2) is 6.21 Å². The summed E-state index contributed by atoms with van der Waals surface area (Å²) in [6, 6.07) is 0. The molecule has 2 heteroatoms. The third-order valence-corrected chi connectivity index (χ3v) is 1.27. The van der Waals surface area contributed by atoms with Gasteiger partial charge in [-0.05, 0) is 20.0 Å². The van der Waals surface area contributed by atoms with Crippen molar-refractivity contribution in [1.29, 1.82) is 0 Å². The van der Waals surface area contributed by atoms with E-state index < -0.39 is 0 Å². The molecule has 0 amide bonds. The summed E-state index contributed by atoms with van der Waals surface area (Å²) in [5, 5.41) is 0. The highest BCUT2D eigenvalue weighted by molar-refractivity contribution is 5.68. The Morgan fingerprint density at radius 3 is 2.33 bits per heavy atom. The summed E-state index contributed by atoms with van der Waals surface area (Å²) in [7, 11) is 0. The molecule has 0 saturated heterocycles. The molecule has 0 bridgehead atoms. The quantitative estimate of drug-likeness (QED) is 0.643. The van der Waals surface area contributed by atoms with Crippen molar-refractivity contribution < 1.29 is 0 Å². The van der Waals surface area contributed by atoms with Crippen LogP contribution in [0.2, 0.25) is 0 Å². The Kier molecular flexibility index (Phi) is 4.34. The van der Waals surface area contributed by atoms with Gasteiger partial charge in [-0.25, -0.2) is 0 Å². The van der Waals surface area contributed by atoms with Gasteiger partial charge >= 0.3 is 0 Å². The lowest BCUT2D eigenvalue weighted by atomic mass is 9.96. The molecular formula is C10H18N2. The van der Waals surface area contributed by atoms with E-state index in [4.69, 9.17) is 5.73 Å². The second-order valence-corrected chi connectivity index (χ2v) is 3.67. The summed E-state index contributed by atoms with van der Waals surface area (Å²) in [5.41, 5.74) is 6.43. The zero-order valence-corrected chi connectivity index (χ0v) is 8.33. The lowest BCUT2D eigenvalue weighted by Crippen LogP contribution is -2.09. The van der Waals surface area contributed by atoms with E-state index in [0.717, 1.165) is 0 Å². The van der Waals surface area contributed by atoms with Crippen molar-refractivity contribution >= 4 is 6.21 Å². The first-order valence-electron chi connectivity index (χ1n) is 4.05. The van der Waals surface area contributed by atoms with E-state index in [-0.39, 0.29) is 5.41 Å². The van der Waals surface area contributed by atoms with Gasteiger partial charge in [0.05, 0.1) is 0 Å². The molecule has 0 aromatic carbocycles. The van der Waals surface area contributed by atoms with Gasteiger partial charge in [-0.15, -0.1) is 0 Å². The summed E-state index contributed by atoms with van der Waals surface area (Å²) in [4.78, 5) is 4.17. The van der Waals surface area contributed by atoms with Gasteiger partial charge in [0, 0.05) is 17.8 Å². The van der Waals surface area contributed by atoms with Gasteiger partial charge in [-0.1, -0.05) is 25.5 Å². The first-order valence-corrected chi connectivity index (χ1v) is 4.05. The molecule has 68 valence electrons. The second kappa shape index (κ2) is 4.75. The summed E-state index contributed by atoms with van der Waals surface area (Å²) in [5.74, 6) is 0.